The highest BCUT2D eigenvalue weighted by molar-refractivity contribution is 6.44. The van der Waals surface area contributed by atoms with Crippen LogP contribution in [0.25, 0.3) is 0 Å². The number of rotatable bonds is 3. The summed E-state index contributed by atoms with van der Waals surface area (Å²) in [7, 11) is 1.51. The predicted octanol–water partition coefficient (Wildman–Crippen LogP) is 2.39. The first-order valence-electron chi connectivity index (χ1n) is 2.12. The van der Waals surface area contributed by atoms with Gasteiger partial charge < -0.3 is 4.74 Å². The van der Waals surface area contributed by atoms with Crippen LogP contribution in [0, 0.1) is 0 Å². The molecule has 0 radical (unpaired) electrons. The third kappa shape index (κ3) is 4.98. The molecule has 50 valence electrons. The highest BCUT2D eigenvalue weighted by Gasteiger charge is 2.06. The average Bonchev–Trinajstić information content (AvgIpc) is 1.65. The van der Waals surface area contributed by atoms with E-state index in [2.05, 4.69) is 4.74 Å². The van der Waals surface area contributed by atoms with Crippen molar-refractivity contribution in [2.75, 3.05) is 7.11 Å². The molecule has 0 fully saturated rings. The van der Waals surface area contributed by atoms with E-state index in [9.17, 15) is 0 Å². The van der Waals surface area contributed by atoms with Gasteiger partial charge in [0, 0.05) is 13.5 Å². The third-order valence-electron chi connectivity index (χ3n) is 0.619. The van der Waals surface area contributed by atoms with E-state index < -0.39 is 4.84 Å². The summed E-state index contributed by atoms with van der Waals surface area (Å²) in [5.41, 5.74) is -0.366. The summed E-state index contributed by atoms with van der Waals surface area (Å²) in [4.78, 5) is -0.433. The van der Waals surface area contributed by atoms with Crippen LogP contribution in [-0.4, -0.2) is 17.5 Å². The highest BCUT2D eigenvalue weighted by atomic mass is 35.5. The number of hydrogen-bond acceptors (Lipinski definition) is 1. The first kappa shape index (κ1) is 8.83. The van der Waals surface area contributed by atoms with Crippen LogP contribution in [-0.2, 0) is 4.74 Å². The molecule has 0 aromatic carbocycles. The molecule has 0 aliphatic carbocycles. The molecule has 4 heteroatoms. The van der Waals surface area contributed by atoms with Crippen molar-refractivity contribution in [1.29, 1.82) is 0 Å². The molecule has 0 aliphatic heterocycles. The van der Waals surface area contributed by atoms with E-state index in [1.165, 1.54) is 7.11 Å². The van der Waals surface area contributed by atoms with Crippen LogP contribution in [0.15, 0.2) is 0 Å². The van der Waals surface area contributed by atoms with E-state index in [1.807, 2.05) is 0 Å². The quantitative estimate of drug-likeness (QED) is 0.602. The maximum Gasteiger partial charge on any atom is 0.133 e. The minimum Gasteiger partial charge on any atom is -0.366 e. The smallest absolute Gasteiger partial charge is 0.133 e. The summed E-state index contributed by atoms with van der Waals surface area (Å²) in [6.07, 6.45) is 0.459. The number of hydrogen-bond donors (Lipinski definition) is 0. The first-order chi connectivity index (χ1) is 3.66. The van der Waals surface area contributed by atoms with Crippen LogP contribution in [0.1, 0.15) is 6.42 Å². The van der Waals surface area contributed by atoms with Gasteiger partial charge in [0.1, 0.15) is 10.4 Å². The Labute approximate surface area is 63.9 Å². The highest BCUT2D eigenvalue weighted by Crippen LogP contribution is 2.13. The molecular formula is C4H7Cl3O. The molecule has 0 saturated carbocycles. The van der Waals surface area contributed by atoms with Gasteiger partial charge in [-0.25, -0.2) is 0 Å². The van der Waals surface area contributed by atoms with E-state index in [0.29, 0.717) is 6.42 Å². The lowest BCUT2D eigenvalue weighted by Crippen LogP contribution is -2.04. The van der Waals surface area contributed by atoms with Crippen LogP contribution < -0.4 is 0 Å². The first-order valence-corrected chi connectivity index (χ1v) is 3.42. The largest absolute Gasteiger partial charge is 0.366 e. The zero-order chi connectivity index (χ0) is 6.57. The Morgan fingerprint density at radius 2 is 1.88 bits per heavy atom. The lowest BCUT2D eigenvalue weighted by Gasteiger charge is -2.05. The van der Waals surface area contributed by atoms with E-state index in [-0.39, 0.29) is 5.56 Å². The second kappa shape index (κ2) is 4.68. The van der Waals surface area contributed by atoms with Gasteiger partial charge in [-0.2, -0.15) is 0 Å². The molecule has 0 bridgehead atoms. The summed E-state index contributed by atoms with van der Waals surface area (Å²) in [5.74, 6) is 0. The molecule has 1 atom stereocenters. The summed E-state index contributed by atoms with van der Waals surface area (Å²) in [6, 6.07) is 0. The van der Waals surface area contributed by atoms with E-state index >= 15 is 0 Å². The standard InChI is InChI=1S/C4H7Cl3O/c1-8-4(7)2-3(5)6/h3-4H,2H2,1H3. The Morgan fingerprint density at radius 3 is 2.00 bits per heavy atom. The van der Waals surface area contributed by atoms with Gasteiger partial charge in [-0.3, -0.25) is 0 Å². The molecule has 1 unspecified atom stereocenters. The van der Waals surface area contributed by atoms with Gasteiger partial charge in [-0.1, -0.05) is 11.6 Å². The lowest BCUT2D eigenvalue weighted by molar-refractivity contribution is 0.163. The zero-order valence-electron chi connectivity index (χ0n) is 4.40. The lowest BCUT2D eigenvalue weighted by atomic mass is 10.5. The van der Waals surface area contributed by atoms with Gasteiger partial charge in [0.2, 0.25) is 0 Å². The molecule has 0 aromatic heterocycles. The van der Waals surface area contributed by atoms with Crippen molar-refractivity contribution in [3.8, 4) is 0 Å². The summed E-state index contributed by atoms with van der Waals surface area (Å²) in [5, 5.41) is 0. The topological polar surface area (TPSA) is 9.23 Å². The van der Waals surface area contributed by atoms with Crippen LogP contribution in [0.5, 0.6) is 0 Å². The van der Waals surface area contributed by atoms with Crippen molar-refractivity contribution in [3.05, 3.63) is 0 Å². The Morgan fingerprint density at radius 1 is 1.38 bits per heavy atom. The number of halogens is 3. The molecule has 0 aliphatic rings. The molecule has 0 heterocycles. The Bertz CT molecular complexity index is 57.2. The van der Waals surface area contributed by atoms with Gasteiger partial charge in [0.15, 0.2) is 0 Å². The number of ether oxygens (including phenoxy) is 1. The molecular weight excluding hydrogens is 170 g/mol. The Balaban J connectivity index is 3.10. The number of methoxy groups -OCH3 is 1. The Hall–Kier alpha value is 0.830. The summed E-state index contributed by atoms with van der Waals surface area (Å²) >= 11 is 16.2. The molecule has 0 spiro atoms. The fraction of sp³-hybridized carbons (Fsp3) is 1.00. The van der Waals surface area contributed by atoms with Gasteiger partial charge in [-0.05, 0) is 0 Å². The van der Waals surface area contributed by atoms with Gasteiger partial charge in [-0.15, -0.1) is 23.2 Å². The zero-order valence-corrected chi connectivity index (χ0v) is 6.67. The SMILES string of the molecule is COC(Cl)CC(Cl)Cl. The van der Waals surface area contributed by atoms with Crippen molar-refractivity contribution in [2.45, 2.75) is 16.8 Å². The van der Waals surface area contributed by atoms with E-state index in [0.717, 1.165) is 0 Å². The molecule has 0 amide bonds. The van der Waals surface area contributed by atoms with Crippen LogP contribution in [0.4, 0.5) is 0 Å². The third-order valence-corrected chi connectivity index (χ3v) is 1.33. The van der Waals surface area contributed by atoms with Crippen molar-refractivity contribution in [2.24, 2.45) is 0 Å². The maximum absolute atomic E-state index is 5.47. The fourth-order valence-electron chi connectivity index (χ4n) is 0.236. The van der Waals surface area contributed by atoms with Crippen molar-refractivity contribution in [3.63, 3.8) is 0 Å². The Kier molecular flexibility index (Phi) is 5.17. The van der Waals surface area contributed by atoms with Crippen LogP contribution in [0.3, 0.4) is 0 Å². The summed E-state index contributed by atoms with van der Waals surface area (Å²) in [6.45, 7) is 0. The van der Waals surface area contributed by atoms with Crippen molar-refractivity contribution >= 4 is 34.8 Å². The fourth-order valence-corrected chi connectivity index (χ4v) is 0.921. The number of alkyl halides is 3. The molecule has 0 rings (SSSR count). The van der Waals surface area contributed by atoms with Gasteiger partial charge in [0.25, 0.3) is 0 Å². The molecule has 0 N–H and O–H groups in total. The molecule has 0 aromatic rings. The summed E-state index contributed by atoms with van der Waals surface area (Å²) < 4.78 is 4.66. The second-order valence-corrected chi connectivity index (χ2v) is 3.04. The van der Waals surface area contributed by atoms with Crippen molar-refractivity contribution < 1.29 is 4.74 Å². The molecule has 0 saturated heterocycles. The minimum atomic E-state index is -0.433. The van der Waals surface area contributed by atoms with E-state index in [4.69, 9.17) is 34.8 Å². The van der Waals surface area contributed by atoms with Gasteiger partial charge in [0.05, 0.1) is 0 Å². The van der Waals surface area contributed by atoms with Crippen molar-refractivity contribution in [1.82, 2.24) is 0 Å². The second-order valence-electron chi connectivity index (χ2n) is 1.27. The maximum atomic E-state index is 5.47. The van der Waals surface area contributed by atoms with E-state index in [1.54, 1.807) is 0 Å². The normalized spacial score (nSPS) is 14.6. The van der Waals surface area contributed by atoms with Gasteiger partial charge >= 0.3 is 0 Å². The predicted molar refractivity (Wildman–Crippen MR) is 36.8 cm³/mol. The monoisotopic (exact) mass is 176 g/mol. The molecule has 8 heavy (non-hydrogen) atoms. The van der Waals surface area contributed by atoms with Crippen LogP contribution >= 0.6 is 34.8 Å². The average molecular weight is 177 g/mol. The molecule has 1 nitrogen and oxygen atoms in total. The minimum absolute atomic E-state index is 0.366. The van der Waals surface area contributed by atoms with Crippen LogP contribution in [0.2, 0.25) is 0 Å².